The minimum Gasteiger partial charge on any atom is -0.369 e. The molecule has 1 aliphatic carbocycles. The van der Waals surface area contributed by atoms with Gasteiger partial charge in [-0.3, -0.25) is 9.59 Å². The average Bonchev–Trinajstić information content (AvgIpc) is 2.58. The molecule has 0 radical (unpaired) electrons. The van der Waals surface area contributed by atoms with Crippen LogP contribution in [0.3, 0.4) is 0 Å². The minimum atomic E-state index is -1.10. The summed E-state index contributed by atoms with van der Waals surface area (Å²) in [7, 11) is 0. The summed E-state index contributed by atoms with van der Waals surface area (Å²) in [5, 5.41) is 0. The van der Waals surface area contributed by atoms with Crippen molar-refractivity contribution in [1.29, 1.82) is 0 Å². The highest BCUT2D eigenvalue weighted by Gasteiger charge is 2.48. The lowest BCUT2D eigenvalue weighted by atomic mass is 9.71. The number of carbonyl (C=O) groups excluding carboxylic acids is 2. The van der Waals surface area contributed by atoms with Crippen molar-refractivity contribution in [3.8, 4) is 0 Å². The summed E-state index contributed by atoms with van der Waals surface area (Å²) in [5.74, 6) is -1.05. The van der Waals surface area contributed by atoms with Crippen LogP contribution in [-0.2, 0) is 9.59 Å². The zero-order valence-corrected chi connectivity index (χ0v) is 8.58. The normalized spacial score (nSPS) is 18.4. The number of carbonyl (C=O) groups is 2. The monoisotopic (exact) mass is 198 g/mol. The summed E-state index contributed by atoms with van der Waals surface area (Å²) in [4.78, 5) is 22.8. The highest BCUT2D eigenvalue weighted by atomic mass is 16.2. The van der Waals surface area contributed by atoms with Crippen molar-refractivity contribution in [2.75, 3.05) is 0 Å². The van der Waals surface area contributed by atoms with Crippen molar-refractivity contribution in [1.82, 2.24) is 0 Å². The lowest BCUT2D eigenvalue weighted by Gasteiger charge is -2.31. The van der Waals surface area contributed by atoms with Crippen LogP contribution in [0, 0.1) is 11.3 Å². The maximum Gasteiger partial charge on any atom is 0.233 e. The maximum atomic E-state index is 11.4. The third-order valence-electron chi connectivity index (χ3n) is 3.49. The number of rotatable bonds is 4. The van der Waals surface area contributed by atoms with Crippen LogP contribution in [0.1, 0.15) is 39.0 Å². The molecule has 0 heterocycles. The molecule has 0 atom stereocenters. The Morgan fingerprint density at radius 2 is 1.64 bits per heavy atom. The molecular weight excluding hydrogens is 180 g/mol. The second-order valence-electron chi connectivity index (χ2n) is 4.03. The molecule has 4 N–H and O–H groups in total. The van der Waals surface area contributed by atoms with Gasteiger partial charge in [0.15, 0.2) is 0 Å². The number of amides is 2. The van der Waals surface area contributed by atoms with Crippen LogP contribution >= 0.6 is 0 Å². The standard InChI is InChI=1S/C10H18N2O2/c1-2-10(8(11)13,9(12)14)7-5-3-4-6-7/h7H,2-6H2,1H3,(H2,11,13)(H2,12,14). The van der Waals surface area contributed by atoms with E-state index in [1.165, 1.54) is 0 Å². The Bertz CT molecular complexity index is 231. The van der Waals surface area contributed by atoms with Crippen LogP contribution in [0.5, 0.6) is 0 Å². The second kappa shape index (κ2) is 3.98. The Kier molecular flexibility index (Phi) is 3.13. The summed E-state index contributed by atoms with van der Waals surface area (Å²) in [6, 6.07) is 0. The first-order valence-corrected chi connectivity index (χ1v) is 5.15. The quantitative estimate of drug-likeness (QED) is 0.646. The van der Waals surface area contributed by atoms with Gasteiger partial charge in [0.05, 0.1) is 0 Å². The molecule has 0 bridgehead atoms. The van der Waals surface area contributed by atoms with Gasteiger partial charge in [-0.05, 0) is 25.2 Å². The van der Waals surface area contributed by atoms with Gasteiger partial charge in [0.1, 0.15) is 5.41 Å². The maximum absolute atomic E-state index is 11.4. The van der Waals surface area contributed by atoms with E-state index in [9.17, 15) is 9.59 Å². The van der Waals surface area contributed by atoms with Gasteiger partial charge in [-0.1, -0.05) is 19.8 Å². The fourth-order valence-electron chi connectivity index (χ4n) is 2.58. The smallest absolute Gasteiger partial charge is 0.233 e. The van der Waals surface area contributed by atoms with Crippen LogP contribution < -0.4 is 11.5 Å². The first kappa shape index (κ1) is 11.0. The van der Waals surface area contributed by atoms with Gasteiger partial charge >= 0.3 is 0 Å². The topological polar surface area (TPSA) is 86.2 Å². The first-order chi connectivity index (χ1) is 6.55. The third-order valence-corrected chi connectivity index (χ3v) is 3.49. The molecule has 1 fully saturated rings. The van der Waals surface area contributed by atoms with E-state index in [1.807, 2.05) is 0 Å². The Labute approximate surface area is 84.0 Å². The van der Waals surface area contributed by atoms with Crippen LogP contribution in [0.15, 0.2) is 0 Å². The fraction of sp³-hybridized carbons (Fsp3) is 0.800. The van der Waals surface area contributed by atoms with Gasteiger partial charge in [-0.2, -0.15) is 0 Å². The summed E-state index contributed by atoms with van der Waals surface area (Å²) in [6.45, 7) is 1.80. The van der Waals surface area contributed by atoms with E-state index in [4.69, 9.17) is 11.5 Å². The van der Waals surface area contributed by atoms with Crippen LogP contribution in [-0.4, -0.2) is 11.8 Å². The Hall–Kier alpha value is -1.06. The van der Waals surface area contributed by atoms with Gasteiger partial charge in [0, 0.05) is 0 Å². The van der Waals surface area contributed by atoms with E-state index in [2.05, 4.69) is 0 Å². The summed E-state index contributed by atoms with van der Waals surface area (Å²) < 4.78 is 0. The Balaban J connectivity index is 2.99. The van der Waals surface area contributed by atoms with Gasteiger partial charge < -0.3 is 11.5 Å². The SMILES string of the molecule is CCC(C(N)=O)(C(N)=O)C1CCCC1. The molecule has 0 aromatic heterocycles. The summed E-state index contributed by atoms with van der Waals surface area (Å²) >= 11 is 0. The molecule has 0 aliphatic heterocycles. The third kappa shape index (κ3) is 1.49. The zero-order valence-electron chi connectivity index (χ0n) is 8.58. The van der Waals surface area contributed by atoms with Gasteiger partial charge in [-0.25, -0.2) is 0 Å². The molecule has 0 unspecified atom stereocenters. The summed E-state index contributed by atoms with van der Waals surface area (Å²) in [6.07, 6.45) is 4.32. The molecule has 80 valence electrons. The molecule has 0 saturated heterocycles. The van der Waals surface area contributed by atoms with Gasteiger partial charge in [-0.15, -0.1) is 0 Å². The van der Waals surface area contributed by atoms with Crippen molar-refractivity contribution in [3.63, 3.8) is 0 Å². The van der Waals surface area contributed by atoms with E-state index < -0.39 is 17.2 Å². The molecule has 0 aromatic rings. The molecule has 14 heavy (non-hydrogen) atoms. The fourth-order valence-corrected chi connectivity index (χ4v) is 2.58. The van der Waals surface area contributed by atoms with Crippen LogP contribution in [0.25, 0.3) is 0 Å². The second-order valence-corrected chi connectivity index (χ2v) is 4.03. The van der Waals surface area contributed by atoms with E-state index in [1.54, 1.807) is 6.92 Å². The molecule has 4 nitrogen and oxygen atoms in total. The van der Waals surface area contributed by atoms with Crippen LogP contribution in [0.4, 0.5) is 0 Å². The van der Waals surface area contributed by atoms with Gasteiger partial charge in [0.25, 0.3) is 0 Å². The predicted octanol–water partition coefficient (Wildman–Crippen LogP) is 0.544. The lowest BCUT2D eigenvalue weighted by molar-refractivity contribution is -0.144. The minimum absolute atomic E-state index is 0.0579. The molecule has 2 amide bonds. The number of hydrogen-bond donors (Lipinski definition) is 2. The molecule has 0 spiro atoms. The number of nitrogens with two attached hydrogens (primary N) is 2. The molecule has 4 heteroatoms. The molecule has 1 aliphatic rings. The molecular formula is C10H18N2O2. The lowest BCUT2D eigenvalue weighted by Crippen LogP contribution is -2.51. The molecule has 1 saturated carbocycles. The van der Waals surface area contributed by atoms with E-state index >= 15 is 0 Å². The van der Waals surface area contributed by atoms with Crippen molar-refractivity contribution >= 4 is 11.8 Å². The largest absolute Gasteiger partial charge is 0.369 e. The molecule has 0 aromatic carbocycles. The predicted molar refractivity (Wildman–Crippen MR) is 53.1 cm³/mol. The average molecular weight is 198 g/mol. The van der Waals surface area contributed by atoms with Crippen molar-refractivity contribution in [2.24, 2.45) is 22.8 Å². The summed E-state index contributed by atoms with van der Waals surface area (Å²) in [5.41, 5.74) is 9.55. The Morgan fingerprint density at radius 3 is 1.93 bits per heavy atom. The van der Waals surface area contributed by atoms with Gasteiger partial charge in [0.2, 0.25) is 11.8 Å². The number of hydrogen-bond acceptors (Lipinski definition) is 2. The van der Waals surface area contributed by atoms with Crippen molar-refractivity contribution in [2.45, 2.75) is 39.0 Å². The van der Waals surface area contributed by atoms with E-state index in [-0.39, 0.29) is 5.92 Å². The molecule has 1 rings (SSSR count). The highest BCUT2D eigenvalue weighted by molar-refractivity contribution is 6.04. The number of primary amides is 2. The van der Waals surface area contributed by atoms with Crippen molar-refractivity contribution in [3.05, 3.63) is 0 Å². The van der Waals surface area contributed by atoms with Crippen molar-refractivity contribution < 1.29 is 9.59 Å². The van der Waals surface area contributed by atoms with Crippen LogP contribution in [0.2, 0.25) is 0 Å². The highest BCUT2D eigenvalue weighted by Crippen LogP contribution is 2.42. The first-order valence-electron chi connectivity index (χ1n) is 5.15. The zero-order chi connectivity index (χ0) is 10.8. The van der Waals surface area contributed by atoms with E-state index in [0.717, 1.165) is 25.7 Å². The Morgan fingerprint density at radius 1 is 1.21 bits per heavy atom. The van der Waals surface area contributed by atoms with E-state index in [0.29, 0.717) is 6.42 Å².